The summed E-state index contributed by atoms with van der Waals surface area (Å²) in [5, 5.41) is 15.5. The van der Waals surface area contributed by atoms with Gasteiger partial charge in [-0.15, -0.1) is 0 Å². The Bertz CT molecular complexity index is 1570. The Balaban J connectivity index is 1.01. The van der Waals surface area contributed by atoms with E-state index < -0.39 is 0 Å². The first kappa shape index (κ1) is 28.5. The highest BCUT2D eigenvalue weighted by atomic mass is 15.4. The standard InChI is InChI=1S/C33H40N10/c1-21(34)13-31(35)39-23(3)14-22(2)38-24(4)27-8-10-32(37-17-27)41-19-28-15-29(20-41)42(28)18-25-5-9-33(36-16-25)43-12-11-30(40-43)26-6-7-26/h5,8-14,16-17,26,28-29H,3,6-7,15,18-20,34H2,1-2,4H3,(H2,35,39)/b21-13-,22-14-,38-24+. The third-order valence-corrected chi connectivity index (χ3v) is 8.24. The molecule has 0 aromatic carbocycles. The van der Waals surface area contributed by atoms with Gasteiger partial charge in [-0.25, -0.2) is 14.6 Å². The minimum absolute atomic E-state index is 0.187. The molecule has 6 heterocycles. The number of piperazine rings is 1. The molecule has 222 valence electrons. The van der Waals surface area contributed by atoms with Crippen LogP contribution in [0.2, 0.25) is 0 Å². The van der Waals surface area contributed by atoms with Crippen LogP contribution in [0.1, 0.15) is 62.8 Å². The molecule has 2 unspecified atom stereocenters. The molecule has 3 aromatic rings. The van der Waals surface area contributed by atoms with Gasteiger partial charge in [-0.1, -0.05) is 12.6 Å². The van der Waals surface area contributed by atoms with Crippen LogP contribution in [0.25, 0.3) is 5.82 Å². The molecule has 3 aliphatic heterocycles. The number of nitrogens with two attached hydrogens (primary N) is 1. The zero-order chi connectivity index (χ0) is 30.1. The van der Waals surface area contributed by atoms with Crippen molar-refractivity contribution in [1.29, 1.82) is 5.41 Å². The summed E-state index contributed by atoms with van der Waals surface area (Å²) in [4.78, 5) is 19.2. The summed E-state index contributed by atoms with van der Waals surface area (Å²) in [5.74, 6) is 2.72. The Labute approximate surface area is 253 Å². The number of pyridine rings is 2. The van der Waals surface area contributed by atoms with Crippen LogP contribution in [0.15, 0.2) is 89.7 Å². The van der Waals surface area contributed by atoms with E-state index in [-0.39, 0.29) is 5.84 Å². The number of aliphatic imine (C=N–C) groups is 1. The van der Waals surface area contributed by atoms with E-state index in [1.807, 2.05) is 37.1 Å². The lowest BCUT2D eigenvalue weighted by Crippen LogP contribution is -2.68. The molecule has 0 amide bonds. The first-order valence-electron chi connectivity index (χ1n) is 14.9. The van der Waals surface area contributed by atoms with Crippen LogP contribution >= 0.6 is 0 Å². The van der Waals surface area contributed by atoms with Crippen LogP contribution < -0.4 is 16.0 Å². The molecular formula is C33H40N10. The number of hydrogen-bond acceptors (Lipinski definition) is 8. The Hall–Kier alpha value is -4.57. The van der Waals surface area contributed by atoms with Gasteiger partial charge >= 0.3 is 0 Å². The van der Waals surface area contributed by atoms with Crippen LogP contribution in [-0.4, -0.2) is 61.4 Å². The number of rotatable bonds is 10. The summed E-state index contributed by atoms with van der Waals surface area (Å²) < 4.78 is 1.89. The molecule has 4 aliphatic rings. The molecule has 10 nitrogen and oxygen atoms in total. The number of fused-ring (bicyclic) bond motifs is 2. The van der Waals surface area contributed by atoms with Crippen LogP contribution in [0.3, 0.4) is 0 Å². The van der Waals surface area contributed by atoms with Gasteiger partial charge in [-0.05, 0) is 82.0 Å². The van der Waals surface area contributed by atoms with Crippen molar-refractivity contribution >= 4 is 17.4 Å². The highest BCUT2D eigenvalue weighted by molar-refractivity contribution is 5.99. The molecule has 1 aliphatic carbocycles. The minimum Gasteiger partial charge on any atom is -0.402 e. The number of anilines is 1. The van der Waals surface area contributed by atoms with E-state index in [2.05, 4.69) is 52.0 Å². The van der Waals surface area contributed by atoms with Crippen LogP contribution in [0.4, 0.5) is 5.82 Å². The maximum Gasteiger partial charge on any atom is 0.153 e. The summed E-state index contributed by atoms with van der Waals surface area (Å²) >= 11 is 0. The van der Waals surface area contributed by atoms with E-state index >= 15 is 0 Å². The average Bonchev–Trinajstić information content (AvgIpc) is 3.71. The van der Waals surface area contributed by atoms with E-state index in [1.165, 1.54) is 30.5 Å². The summed E-state index contributed by atoms with van der Waals surface area (Å²) in [6.45, 7) is 12.4. The van der Waals surface area contributed by atoms with Gasteiger partial charge < -0.3 is 16.0 Å². The molecule has 10 heteroatoms. The van der Waals surface area contributed by atoms with Gasteiger partial charge in [0.2, 0.25) is 0 Å². The van der Waals surface area contributed by atoms with Gasteiger partial charge in [-0.2, -0.15) is 5.10 Å². The fourth-order valence-corrected chi connectivity index (χ4v) is 5.92. The lowest BCUT2D eigenvalue weighted by atomic mass is 9.87. The van der Waals surface area contributed by atoms with Gasteiger partial charge in [0.15, 0.2) is 5.82 Å². The van der Waals surface area contributed by atoms with Crippen molar-refractivity contribution in [3.05, 3.63) is 102 Å². The number of piperidine rings is 1. The quantitative estimate of drug-likeness (QED) is 0.182. The Morgan fingerprint density at radius 1 is 1.05 bits per heavy atom. The van der Waals surface area contributed by atoms with Gasteiger partial charge in [0.1, 0.15) is 11.7 Å². The molecule has 3 saturated heterocycles. The zero-order valence-electron chi connectivity index (χ0n) is 25.2. The molecule has 0 radical (unpaired) electrons. The summed E-state index contributed by atoms with van der Waals surface area (Å²) in [5.41, 5.74) is 11.8. The van der Waals surface area contributed by atoms with Crippen LogP contribution in [0.5, 0.6) is 0 Å². The normalized spacial score (nSPS) is 21.0. The summed E-state index contributed by atoms with van der Waals surface area (Å²) in [7, 11) is 0. The highest BCUT2D eigenvalue weighted by Gasteiger charge is 2.44. The third kappa shape index (κ3) is 6.75. The lowest BCUT2D eigenvalue weighted by molar-refractivity contribution is -0.00875. The third-order valence-electron chi connectivity index (χ3n) is 8.24. The molecule has 2 atom stereocenters. The van der Waals surface area contributed by atoms with E-state index in [0.717, 1.165) is 48.2 Å². The maximum atomic E-state index is 7.88. The minimum atomic E-state index is 0.187. The van der Waals surface area contributed by atoms with Gasteiger partial charge in [0, 0.05) is 84.6 Å². The van der Waals surface area contributed by atoms with Gasteiger partial charge in [-0.3, -0.25) is 15.3 Å². The zero-order valence-corrected chi connectivity index (χ0v) is 25.2. The topological polar surface area (TPSA) is 124 Å². The molecule has 7 rings (SSSR count). The lowest BCUT2D eigenvalue weighted by Gasteiger charge is -2.56. The van der Waals surface area contributed by atoms with Crippen molar-refractivity contribution in [3.63, 3.8) is 0 Å². The van der Waals surface area contributed by atoms with Gasteiger partial charge in [0.25, 0.3) is 0 Å². The van der Waals surface area contributed by atoms with Crippen molar-refractivity contribution in [2.75, 3.05) is 18.0 Å². The van der Waals surface area contributed by atoms with E-state index in [4.69, 9.17) is 31.2 Å². The first-order valence-corrected chi connectivity index (χ1v) is 14.9. The summed E-state index contributed by atoms with van der Waals surface area (Å²) in [6.07, 6.45) is 13.0. The molecule has 43 heavy (non-hydrogen) atoms. The largest absolute Gasteiger partial charge is 0.402 e. The Morgan fingerprint density at radius 3 is 2.44 bits per heavy atom. The fraction of sp³-hybridized carbons (Fsp3) is 0.364. The SMILES string of the molecule is C=C(/C=C(C)\N=C(/C)c1ccc(N2CC3CC(C2)N3Cc2ccc(-n3ccc(C4CC4)n3)nc2)nc1)NC(=N)/C=C(/C)N. The van der Waals surface area contributed by atoms with Crippen molar-refractivity contribution in [2.45, 2.75) is 64.6 Å². The second-order valence-corrected chi connectivity index (χ2v) is 11.9. The monoisotopic (exact) mass is 576 g/mol. The number of allylic oxidation sites excluding steroid dienone is 3. The second-order valence-electron chi connectivity index (χ2n) is 11.9. The van der Waals surface area contributed by atoms with Crippen molar-refractivity contribution < 1.29 is 0 Å². The molecule has 4 N–H and O–H groups in total. The number of nitrogens with zero attached hydrogens (tertiary/aromatic N) is 7. The molecule has 3 aromatic heterocycles. The van der Waals surface area contributed by atoms with Crippen molar-refractivity contribution in [1.82, 2.24) is 30.0 Å². The summed E-state index contributed by atoms with van der Waals surface area (Å²) in [6, 6.07) is 11.6. The van der Waals surface area contributed by atoms with Crippen LogP contribution in [-0.2, 0) is 6.54 Å². The van der Waals surface area contributed by atoms with E-state index in [0.29, 0.717) is 29.4 Å². The highest BCUT2D eigenvalue weighted by Crippen LogP contribution is 2.39. The van der Waals surface area contributed by atoms with Gasteiger partial charge in [0.05, 0.1) is 5.69 Å². The second kappa shape index (κ2) is 12.0. The predicted molar refractivity (Wildman–Crippen MR) is 171 cm³/mol. The number of aromatic nitrogens is 4. The Kier molecular flexibility index (Phi) is 7.94. The number of amidine groups is 1. The molecule has 4 fully saturated rings. The molecule has 1 saturated carbocycles. The molecular weight excluding hydrogens is 536 g/mol. The van der Waals surface area contributed by atoms with E-state index in [1.54, 1.807) is 19.1 Å². The molecule has 2 bridgehead atoms. The first-order chi connectivity index (χ1) is 20.7. The van der Waals surface area contributed by atoms with Crippen molar-refractivity contribution in [3.8, 4) is 5.82 Å². The smallest absolute Gasteiger partial charge is 0.153 e. The average molecular weight is 577 g/mol. The Morgan fingerprint density at radius 2 is 1.79 bits per heavy atom. The van der Waals surface area contributed by atoms with Crippen molar-refractivity contribution in [2.24, 2.45) is 10.7 Å². The fourth-order valence-electron chi connectivity index (χ4n) is 5.92. The van der Waals surface area contributed by atoms with Crippen LogP contribution in [0, 0.1) is 5.41 Å². The van der Waals surface area contributed by atoms with E-state index in [9.17, 15) is 0 Å². The predicted octanol–water partition coefficient (Wildman–Crippen LogP) is 4.66. The molecule has 0 spiro atoms. The number of hydrogen-bond donors (Lipinski definition) is 3. The number of nitrogens with one attached hydrogen (secondary N) is 2. The maximum absolute atomic E-state index is 7.88.